The predicted molar refractivity (Wildman–Crippen MR) is 113 cm³/mol. The molecule has 0 bridgehead atoms. The highest BCUT2D eigenvalue weighted by Crippen LogP contribution is 2.28. The summed E-state index contributed by atoms with van der Waals surface area (Å²) < 4.78 is 11.1. The van der Waals surface area contributed by atoms with Crippen molar-refractivity contribution in [2.24, 2.45) is 4.99 Å². The summed E-state index contributed by atoms with van der Waals surface area (Å²) in [6, 6.07) is 16.1. The summed E-state index contributed by atoms with van der Waals surface area (Å²) in [5.41, 5.74) is 1.95. The third-order valence-electron chi connectivity index (χ3n) is 4.96. The summed E-state index contributed by atoms with van der Waals surface area (Å²) in [6.45, 7) is 8.11. The average Bonchev–Trinajstić information content (AvgIpc) is 2.73. The molecule has 150 valence electrons. The van der Waals surface area contributed by atoms with Gasteiger partial charge in [0.2, 0.25) is 0 Å². The summed E-state index contributed by atoms with van der Waals surface area (Å²) >= 11 is 0. The molecule has 1 saturated heterocycles. The van der Waals surface area contributed by atoms with Gasteiger partial charge in [0.1, 0.15) is 11.5 Å². The number of nitrogens with zero attached hydrogens (tertiary/aromatic N) is 2. The Balaban J connectivity index is 1.76. The summed E-state index contributed by atoms with van der Waals surface area (Å²) in [5.74, 6) is 0.868. The van der Waals surface area contributed by atoms with Crippen LogP contribution in [-0.4, -0.2) is 55.2 Å². The van der Waals surface area contributed by atoms with Crippen LogP contribution in [0.1, 0.15) is 37.4 Å². The number of hydrogen-bond acceptors (Lipinski definition) is 5. The molecule has 0 amide bonds. The van der Waals surface area contributed by atoms with Crippen LogP contribution in [0.4, 0.5) is 0 Å². The average molecular weight is 383 g/mol. The van der Waals surface area contributed by atoms with Gasteiger partial charge in [-0.25, -0.2) is 0 Å². The van der Waals surface area contributed by atoms with Gasteiger partial charge in [-0.1, -0.05) is 37.3 Å². The molecule has 1 aliphatic heterocycles. The van der Waals surface area contributed by atoms with E-state index in [1.165, 1.54) is 5.56 Å². The monoisotopic (exact) mass is 382 g/mol. The zero-order valence-corrected chi connectivity index (χ0v) is 16.8. The van der Waals surface area contributed by atoms with Crippen LogP contribution in [-0.2, 0) is 4.74 Å². The molecule has 0 unspecified atom stereocenters. The molecule has 2 aromatic rings. The van der Waals surface area contributed by atoms with E-state index in [1.807, 2.05) is 18.2 Å². The predicted octanol–water partition coefficient (Wildman–Crippen LogP) is 4.06. The Bertz CT molecular complexity index is 758. The minimum absolute atomic E-state index is 0.0379. The van der Waals surface area contributed by atoms with Gasteiger partial charge in [0, 0.05) is 30.9 Å². The van der Waals surface area contributed by atoms with Gasteiger partial charge in [-0.2, -0.15) is 0 Å². The van der Waals surface area contributed by atoms with Gasteiger partial charge in [-0.05, 0) is 31.0 Å². The van der Waals surface area contributed by atoms with E-state index in [9.17, 15) is 5.11 Å². The second-order valence-electron chi connectivity index (χ2n) is 7.09. The lowest BCUT2D eigenvalue weighted by Crippen LogP contribution is -2.42. The van der Waals surface area contributed by atoms with E-state index < -0.39 is 0 Å². The minimum Gasteiger partial charge on any atom is -0.507 e. The fraction of sp³-hybridized carbons (Fsp3) is 0.435. The summed E-state index contributed by atoms with van der Waals surface area (Å²) in [7, 11) is 0. The molecule has 0 spiro atoms. The quantitative estimate of drug-likeness (QED) is 0.700. The van der Waals surface area contributed by atoms with Crippen LogP contribution in [0.25, 0.3) is 0 Å². The lowest BCUT2D eigenvalue weighted by Gasteiger charge is -2.37. The van der Waals surface area contributed by atoms with Crippen LogP contribution >= 0.6 is 0 Å². The first-order valence-corrected chi connectivity index (χ1v) is 10.0. The number of phenols is 1. The zero-order valence-electron chi connectivity index (χ0n) is 16.8. The lowest BCUT2D eigenvalue weighted by atomic mass is 9.98. The maximum absolute atomic E-state index is 10.3. The first-order chi connectivity index (χ1) is 13.7. The Morgan fingerprint density at radius 3 is 2.61 bits per heavy atom. The van der Waals surface area contributed by atoms with Crippen molar-refractivity contribution in [1.29, 1.82) is 0 Å². The molecule has 1 heterocycles. The Kier molecular flexibility index (Phi) is 7.46. The number of phenolic OH excluding ortho intramolecular Hbond substituents is 1. The van der Waals surface area contributed by atoms with Gasteiger partial charge in [0.05, 0.1) is 31.9 Å². The van der Waals surface area contributed by atoms with Gasteiger partial charge in [0.15, 0.2) is 0 Å². The molecule has 1 aliphatic rings. The van der Waals surface area contributed by atoms with Gasteiger partial charge in [0.25, 0.3) is 0 Å². The second kappa shape index (κ2) is 10.2. The number of ether oxygens (including phenoxy) is 2. The summed E-state index contributed by atoms with van der Waals surface area (Å²) in [6.07, 6.45) is 2.70. The number of rotatable bonds is 8. The molecule has 0 saturated carbocycles. The lowest BCUT2D eigenvalue weighted by molar-refractivity contribution is 0.0119. The van der Waals surface area contributed by atoms with E-state index in [1.54, 1.807) is 12.3 Å². The van der Waals surface area contributed by atoms with E-state index in [2.05, 4.69) is 43.0 Å². The van der Waals surface area contributed by atoms with Crippen LogP contribution in [0.5, 0.6) is 11.5 Å². The maximum atomic E-state index is 10.3. The van der Waals surface area contributed by atoms with E-state index >= 15 is 0 Å². The largest absolute Gasteiger partial charge is 0.507 e. The summed E-state index contributed by atoms with van der Waals surface area (Å²) in [4.78, 5) is 7.22. The third-order valence-corrected chi connectivity index (χ3v) is 4.96. The molecular weight excluding hydrogens is 352 g/mol. The molecule has 28 heavy (non-hydrogen) atoms. The van der Waals surface area contributed by atoms with Crippen LogP contribution in [0.2, 0.25) is 0 Å². The van der Waals surface area contributed by atoms with Gasteiger partial charge < -0.3 is 14.6 Å². The SMILES string of the molecule is CCCOc1ccc(C=N[C@H](C)[C@@H](c2ccccc2)N2CCOCC2)c(O)c1. The van der Waals surface area contributed by atoms with Crippen LogP contribution < -0.4 is 4.74 Å². The van der Waals surface area contributed by atoms with Crippen molar-refractivity contribution in [2.45, 2.75) is 32.4 Å². The molecule has 5 heteroatoms. The van der Waals surface area contributed by atoms with Crippen molar-refractivity contribution >= 4 is 6.21 Å². The van der Waals surface area contributed by atoms with Crippen molar-refractivity contribution in [2.75, 3.05) is 32.9 Å². The smallest absolute Gasteiger partial charge is 0.128 e. The Morgan fingerprint density at radius 1 is 1.18 bits per heavy atom. The third kappa shape index (κ3) is 5.33. The van der Waals surface area contributed by atoms with E-state index in [0.29, 0.717) is 17.9 Å². The van der Waals surface area contributed by atoms with E-state index in [4.69, 9.17) is 14.5 Å². The molecule has 1 fully saturated rings. The fourth-order valence-corrected chi connectivity index (χ4v) is 3.52. The number of aromatic hydroxyl groups is 1. The number of hydrogen-bond donors (Lipinski definition) is 1. The van der Waals surface area contributed by atoms with Crippen molar-refractivity contribution in [3.8, 4) is 11.5 Å². The molecule has 0 aromatic heterocycles. The Morgan fingerprint density at radius 2 is 1.93 bits per heavy atom. The molecule has 5 nitrogen and oxygen atoms in total. The Labute approximate surface area is 167 Å². The molecule has 2 atom stereocenters. The van der Waals surface area contributed by atoms with Crippen molar-refractivity contribution in [3.05, 3.63) is 59.7 Å². The van der Waals surface area contributed by atoms with Gasteiger partial charge in [-0.3, -0.25) is 9.89 Å². The fourth-order valence-electron chi connectivity index (χ4n) is 3.52. The minimum atomic E-state index is 0.0379. The maximum Gasteiger partial charge on any atom is 0.128 e. The normalized spacial score (nSPS) is 17.5. The first kappa shape index (κ1) is 20.4. The highest BCUT2D eigenvalue weighted by molar-refractivity contribution is 5.83. The molecule has 1 N–H and O–H groups in total. The number of aliphatic imine (C=N–C) groups is 1. The van der Waals surface area contributed by atoms with Crippen LogP contribution in [0, 0.1) is 0 Å². The second-order valence-corrected chi connectivity index (χ2v) is 7.09. The van der Waals surface area contributed by atoms with Crippen molar-refractivity contribution in [1.82, 2.24) is 4.90 Å². The zero-order chi connectivity index (χ0) is 19.8. The number of benzene rings is 2. The van der Waals surface area contributed by atoms with Crippen molar-refractivity contribution in [3.63, 3.8) is 0 Å². The summed E-state index contributed by atoms with van der Waals surface area (Å²) in [5, 5.41) is 10.3. The number of morpholine rings is 1. The van der Waals surface area contributed by atoms with Crippen LogP contribution in [0.3, 0.4) is 0 Å². The van der Waals surface area contributed by atoms with E-state index in [-0.39, 0.29) is 17.8 Å². The molecule has 2 aromatic carbocycles. The Hall–Kier alpha value is -2.37. The van der Waals surface area contributed by atoms with E-state index in [0.717, 1.165) is 32.7 Å². The molecular formula is C23H30N2O3. The standard InChI is InChI=1S/C23H30N2O3/c1-3-13-28-21-10-9-20(22(26)16-21)17-24-18(2)23(19-7-5-4-6-8-19)25-11-14-27-15-12-25/h4-10,16-18,23,26H,3,11-15H2,1-2H3/t18-,23+/m1/s1. The molecule has 0 radical (unpaired) electrons. The van der Waals surface area contributed by atoms with Gasteiger partial charge >= 0.3 is 0 Å². The molecule has 0 aliphatic carbocycles. The highest BCUT2D eigenvalue weighted by atomic mass is 16.5. The molecule has 3 rings (SSSR count). The first-order valence-electron chi connectivity index (χ1n) is 10.0. The topological polar surface area (TPSA) is 54.3 Å². The van der Waals surface area contributed by atoms with Crippen molar-refractivity contribution < 1.29 is 14.6 Å². The van der Waals surface area contributed by atoms with Crippen LogP contribution in [0.15, 0.2) is 53.5 Å². The highest BCUT2D eigenvalue weighted by Gasteiger charge is 2.27. The van der Waals surface area contributed by atoms with Gasteiger partial charge in [-0.15, -0.1) is 0 Å².